The summed E-state index contributed by atoms with van der Waals surface area (Å²) in [7, 11) is -2.39. The molecule has 0 aliphatic carbocycles. The summed E-state index contributed by atoms with van der Waals surface area (Å²) in [5.41, 5.74) is 0.768. The molecule has 0 bridgehead atoms. The first-order chi connectivity index (χ1) is 9.53. The second-order valence-electron chi connectivity index (χ2n) is 4.18. The van der Waals surface area contributed by atoms with Gasteiger partial charge in [0.15, 0.2) is 18.6 Å². The molecule has 2 rings (SSSR count). The van der Waals surface area contributed by atoms with Crippen molar-refractivity contribution in [1.82, 2.24) is 15.1 Å². The van der Waals surface area contributed by atoms with Gasteiger partial charge in [0.1, 0.15) is 11.4 Å². The number of hydrogen-bond acceptors (Lipinski definition) is 6. The van der Waals surface area contributed by atoms with Gasteiger partial charge in [0.25, 0.3) is 10.1 Å². The Kier molecular flexibility index (Phi) is 4.35. The lowest BCUT2D eigenvalue weighted by Gasteiger charge is -2.06. The van der Waals surface area contributed by atoms with E-state index in [0.717, 1.165) is 12.7 Å². The van der Waals surface area contributed by atoms with Crippen molar-refractivity contribution in [3.63, 3.8) is 0 Å². The maximum Gasteiger partial charge on any atom is 0.276 e. The number of rotatable bonds is 5. The minimum absolute atomic E-state index is 0.214. The van der Waals surface area contributed by atoms with Crippen molar-refractivity contribution >= 4 is 10.1 Å². The fourth-order valence-corrected chi connectivity index (χ4v) is 2.26. The number of nitrogens with zero attached hydrogens (tertiary/aromatic N) is 4. The van der Waals surface area contributed by atoms with Gasteiger partial charge < -0.3 is 0 Å². The maximum atomic E-state index is 11.5. The molecular formula is C12H15N4O3S+. The Labute approximate surface area is 117 Å². The van der Waals surface area contributed by atoms with Crippen LogP contribution in [-0.2, 0) is 20.8 Å². The quantitative estimate of drug-likeness (QED) is 0.578. The van der Waals surface area contributed by atoms with E-state index in [-0.39, 0.29) is 6.54 Å². The molecule has 0 aliphatic heterocycles. The Morgan fingerprint density at radius 2 is 2.05 bits per heavy atom. The van der Waals surface area contributed by atoms with Crippen molar-refractivity contribution in [2.45, 2.75) is 18.7 Å². The molecular weight excluding hydrogens is 280 g/mol. The van der Waals surface area contributed by atoms with Gasteiger partial charge in [0, 0.05) is 24.0 Å². The predicted molar refractivity (Wildman–Crippen MR) is 70.8 cm³/mol. The van der Waals surface area contributed by atoms with E-state index in [1.54, 1.807) is 43.8 Å². The summed E-state index contributed by atoms with van der Waals surface area (Å²) in [5.74, 6) is 0.574. The van der Waals surface area contributed by atoms with Crippen LogP contribution in [0.1, 0.15) is 6.92 Å². The lowest BCUT2D eigenvalue weighted by atomic mass is 10.3. The zero-order valence-electron chi connectivity index (χ0n) is 11.2. The largest absolute Gasteiger partial charge is 0.276 e. The third-order valence-electron chi connectivity index (χ3n) is 2.76. The van der Waals surface area contributed by atoms with Crippen molar-refractivity contribution < 1.29 is 17.3 Å². The molecule has 0 spiro atoms. The van der Waals surface area contributed by atoms with Crippen molar-refractivity contribution in [3.05, 3.63) is 36.9 Å². The smallest absolute Gasteiger partial charge is 0.273 e. The second-order valence-corrected chi connectivity index (χ2v) is 6.30. The first-order valence-electron chi connectivity index (χ1n) is 5.95. The highest BCUT2D eigenvalue weighted by atomic mass is 32.2. The lowest BCUT2D eigenvalue weighted by molar-refractivity contribution is -0.753. The fourth-order valence-electron chi connectivity index (χ4n) is 1.59. The van der Waals surface area contributed by atoms with Gasteiger partial charge in [-0.3, -0.25) is 4.18 Å². The molecule has 0 amide bonds. The second kappa shape index (κ2) is 6.02. The molecule has 20 heavy (non-hydrogen) atoms. The Bertz CT molecular complexity index is 659. The van der Waals surface area contributed by atoms with Crippen LogP contribution in [0.4, 0.5) is 0 Å². The van der Waals surface area contributed by atoms with Crippen LogP contribution in [0.25, 0.3) is 11.4 Å². The zero-order valence-corrected chi connectivity index (χ0v) is 12.0. The van der Waals surface area contributed by atoms with Gasteiger partial charge >= 0.3 is 0 Å². The van der Waals surface area contributed by atoms with E-state index in [1.807, 2.05) is 0 Å². The maximum absolute atomic E-state index is 11.5. The van der Waals surface area contributed by atoms with E-state index in [0.29, 0.717) is 5.82 Å². The van der Waals surface area contributed by atoms with Crippen LogP contribution in [0.2, 0.25) is 0 Å². The van der Waals surface area contributed by atoms with Crippen molar-refractivity contribution in [1.29, 1.82) is 0 Å². The summed E-state index contributed by atoms with van der Waals surface area (Å²) in [6.45, 7) is 1.79. The SMILES string of the molecule is COS(=O)(=O)C(C)C[n+]1ccc(-c2ncccn2)cn1. The zero-order chi connectivity index (χ0) is 14.6. The average molecular weight is 295 g/mol. The first kappa shape index (κ1) is 14.5. The average Bonchev–Trinajstić information content (AvgIpc) is 2.49. The molecule has 0 N–H and O–H groups in total. The molecule has 0 aromatic carbocycles. The van der Waals surface area contributed by atoms with Crippen molar-refractivity contribution in [2.24, 2.45) is 0 Å². The Morgan fingerprint density at radius 3 is 2.60 bits per heavy atom. The van der Waals surface area contributed by atoms with Crippen LogP contribution < -0.4 is 4.68 Å². The Hall–Kier alpha value is -1.93. The third kappa shape index (κ3) is 3.34. The first-order valence-corrected chi connectivity index (χ1v) is 7.42. The molecule has 106 valence electrons. The standard InChI is InChI=1S/C12H15N4O3S/c1-10(20(17,18)19-2)9-16-7-4-11(8-15-16)12-13-5-3-6-14-12/h3-8,10H,9H2,1-2H3/q+1. The summed E-state index contributed by atoms with van der Waals surface area (Å²) in [6.07, 6.45) is 6.59. The van der Waals surface area contributed by atoms with E-state index < -0.39 is 15.4 Å². The van der Waals surface area contributed by atoms with Gasteiger partial charge in [0.2, 0.25) is 0 Å². The van der Waals surface area contributed by atoms with Gasteiger partial charge in [-0.2, -0.15) is 8.42 Å². The summed E-state index contributed by atoms with van der Waals surface area (Å²) < 4.78 is 29.0. The van der Waals surface area contributed by atoms with Crippen LogP contribution >= 0.6 is 0 Å². The molecule has 0 aliphatic rings. The van der Waals surface area contributed by atoms with E-state index in [1.165, 1.54) is 4.68 Å². The molecule has 0 saturated heterocycles. The topological polar surface area (TPSA) is 85.9 Å². The fraction of sp³-hybridized carbons (Fsp3) is 0.333. The molecule has 0 fully saturated rings. The minimum atomic E-state index is -3.54. The molecule has 0 saturated carbocycles. The van der Waals surface area contributed by atoms with Gasteiger partial charge in [-0.05, 0) is 18.1 Å². The van der Waals surface area contributed by atoms with Gasteiger partial charge in [-0.15, -0.1) is 0 Å². The van der Waals surface area contributed by atoms with Crippen molar-refractivity contribution in [2.75, 3.05) is 7.11 Å². The lowest BCUT2D eigenvalue weighted by Crippen LogP contribution is -2.44. The van der Waals surface area contributed by atoms with E-state index >= 15 is 0 Å². The summed E-state index contributed by atoms with van der Waals surface area (Å²) in [5, 5.41) is 3.48. The molecule has 1 atom stereocenters. The van der Waals surface area contributed by atoms with Crippen LogP contribution in [0.5, 0.6) is 0 Å². The molecule has 1 unspecified atom stereocenters. The predicted octanol–water partition coefficient (Wildman–Crippen LogP) is 0.191. The molecule has 7 nitrogen and oxygen atoms in total. The molecule has 2 aromatic rings. The van der Waals surface area contributed by atoms with Crippen LogP contribution in [0, 0.1) is 0 Å². The van der Waals surface area contributed by atoms with Crippen LogP contribution in [-0.4, -0.2) is 35.8 Å². The summed E-state index contributed by atoms with van der Waals surface area (Å²) in [6, 6.07) is 3.52. The highest BCUT2D eigenvalue weighted by Crippen LogP contribution is 2.09. The van der Waals surface area contributed by atoms with Gasteiger partial charge in [-0.1, -0.05) is 4.68 Å². The summed E-state index contributed by atoms with van der Waals surface area (Å²) in [4.78, 5) is 8.23. The summed E-state index contributed by atoms with van der Waals surface area (Å²) >= 11 is 0. The third-order valence-corrected chi connectivity index (χ3v) is 4.36. The van der Waals surface area contributed by atoms with E-state index in [2.05, 4.69) is 19.2 Å². The van der Waals surface area contributed by atoms with E-state index in [9.17, 15) is 8.42 Å². The van der Waals surface area contributed by atoms with Gasteiger partial charge in [0.05, 0.1) is 7.11 Å². The highest BCUT2D eigenvalue weighted by Gasteiger charge is 2.25. The van der Waals surface area contributed by atoms with Crippen molar-refractivity contribution in [3.8, 4) is 11.4 Å². The minimum Gasteiger partial charge on any atom is -0.273 e. The van der Waals surface area contributed by atoms with Crippen LogP contribution in [0.3, 0.4) is 0 Å². The molecule has 8 heteroatoms. The monoisotopic (exact) mass is 295 g/mol. The Morgan fingerprint density at radius 1 is 1.35 bits per heavy atom. The normalized spacial score (nSPS) is 13.1. The van der Waals surface area contributed by atoms with E-state index in [4.69, 9.17) is 0 Å². The Balaban J connectivity index is 2.14. The number of hydrogen-bond donors (Lipinski definition) is 0. The highest BCUT2D eigenvalue weighted by molar-refractivity contribution is 7.87. The van der Waals surface area contributed by atoms with Crippen LogP contribution in [0.15, 0.2) is 36.9 Å². The molecule has 2 heterocycles. The molecule has 0 radical (unpaired) electrons. The number of aromatic nitrogens is 4. The molecule has 2 aromatic heterocycles. The van der Waals surface area contributed by atoms with Gasteiger partial charge in [-0.25, -0.2) is 9.97 Å².